The molecule has 0 saturated heterocycles. The molecule has 0 aromatic heterocycles. The van der Waals surface area contributed by atoms with Gasteiger partial charge in [0.05, 0.1) is 11.5 Å². The number of hydrogen-bond donors (Lipinski definition) is 2. The Labute approximate surface area is 102 Å². The zero-order chi connectivity index (χ0) is 13.9. The van der Waals surface area contributed by atoms with Gasteiger partial charge in [-0.25, -0.2) is 0 Å². The van der Waals surface area contributed by atoms with E-state index >= 15 is 0 Å². The molecule has 0 fully saturated rings. The van der Waals surface area contributed by atoms with E-state index in [1.807, 2.05) is 0 Å². The van der Waals surface area contributed by atoms with Gasteiger partial charge in [0, 0.05) is 12.5 Å². The quantitative estimate of drug-likeness (QED) is 0.875. The highest BCUT2D eigenvalue weighted by Gasteiger charge is 2.31. The third kappa shape index (κ3) is 3.22. The molecule has 0 aliphatic heterocycles. The molecule has 3 nitrogen and oxygen atoms in total. The van der Waals surface area contributed by atoms with Gasteiger partial charge in [0.25, 0.3) is 0 Å². The van der Waals surface area contributed by atoms with E-state index in [9.17, 15) is 18.0 Å². The first-order valence-corrected chi connectivity index (χ1v) is 5.37. The third-order valence-corrected chi connectivity index (χ3v) is 2.91. The zero-order valence-corrected chi connectivity index (χ0v) is 9.74. The van der Waals surface area contributed by atoms with E-state index in [1.165, 1.54) is 19.1 Å². The highest BCUT2D eigenvalue weighted by atomic mass is 19.4. The number of nitrogens with two attached hydrogens (primary N) is 1. The maximum absolute atomic E-state index is 12.4. The monoisotopic (exact) mass is 261 g/mol. The second-order valence-corrected chi connectivity index (χ2v) is 4.09. The van der Waals surface area contributed by atoms with Crippen molar-refractivity contribution in [2.45, 2.75) is 19.0 Å². The van der Waals surface area contributed by atoms with E-state index in [1.54, 1.807) is 0 Å². The molecule has 100 valence electrons. The van der Waals surface area contributed by atoms with Crippen LogP contribution in [-0.4, -0.2) is 17.6 Å². The molecule has 3 N–H and O–H groups in total. The Kier molecular flexibility index (Phi) is 4.34. The van der Waals surface area contributed by atoms with Crippen molar-refractivity contribution >= 4 is 5.97 Å². The van der Waals surface area contributed by atoms with Crippen molar-refractivity contribution < 1.29 is 23.1 Å². The van der Waals surface area contributed by atoms with Crippen LogP contribution in [-0.2, 0) is 11.0 Å². The fourth-order valence-electron chi connectivity index (χ4n) is 1.72. The molecule has 1 aromatic rings. The molecule has 1 aromatic carbocycles. The van der Waals surface area contributed by atoms with Crippen LogP contribution in [0.4, 0.5) is 13.2 Å². The first-order chi connectivity index (χ1) is 8.27. The zero-order valence-electron chi connectivity index (χ0n) is 9.74. The van der Waals surface area contributed by atoms with Crippen LogP contribution >= 0.6 is 0 Å². The van der Waals surface area contributed by atoms with Crippen LogP contribution < -0.4 is 5.73 Å². The second-order valence-electron chi connectivity index (χ2n) is 4.09. The van der Waals surface area contributed by atoms with Gasteiger partial charge in [-0.3, -0.25) is 4.79 Å². The van der Waals surface area contributed by atoms with Gasteiger partial charge in [0.15, 0.2) is 0 Å². The van der Waals surface area contributed by atoms with Crippen molar-refractivity contribution in [3.8, 4) is 0 Å². The summed E-state index contributed by atoms with van der Waals surface area (Å²) in [7, 11) is 0. The summed E-state index contributed by atoms with van der Waals surface area (Å²) in [4.78, 5) is 10.9. The number of alkyl halides is 3. The summed E-state index contributed by atoms with van der Waals surface area (Å²) in [5.41, 5.74) is 5.22. The minimum absolute atomic E-state index is 0.0683. The second kappa shape index (κ2) is 5.39. The molecular weight excluding hydrogens is 247 g/mol. The highest BCUT2D eigenvalue weighted by Crippen LogP contribution is 2.31. The number of rotatable bonds is 4. The van der Waals surface area contributed by atoms with E-state index in [0.29, 0.717) is 5.56 Å². The molecule has 0 aliphatic rings. The van der Waals surface area contributed by atoms with Crippen molar-refractivity contribution in [3.63, 3.8) is 0 Å². The highest BCUT2D eigenvalue weighted by molar-refractivity contribution is 5.71. The van der Waals surface area contributed by atoms with E-state index in [4.69, 9.17) is 10.8 Å². The molecule has 1 rings (SSSR count). The maximum Gasteiger partial charge on any atom is 0.416 e. The molecule has 0 heterocycles. The van der Waals surface area contributed by atoms with Gasteiger partial charge >= 0.3 is 12.1 Å². The Morgan fingerprint density at radius 2 is 1.83 bits per heavy atom. The van der Waals surface area contributed by atoms with Gasteiger partial charge in [-0.1, -0.05) is 19.1 Å². The fraction of sp³-hybridized carbons (Fsp3) is 0.417. The van der Waals surface area contributed by atoms with Crippen LogP contribution in [0.2, 0.25) is 0 Å². The van der Waals surface area contributed by atoms with Gasteiger partial charge in [0.1, 0.15) is 0 Å². The minimum Gasteiger partial charge on any atom is -0.481 e. The first kappa shape index (κ1) is 14.5. The van der Waals surface area contributed by atoms with Crippen molar-refractivity contribution in [1.29, 1.82) is 0 Å². The molecule has 18 heavy (non-hydrogen) atoms. The topological polar surface area (TPSA) is 63.3 Å². The number of halogens is 3. The normalized spacial score (nSPS) is 15.2. The Morgan fingerprint density at radius 3 is 2.17 bits per heavy atom. The lowest BCUT2D eigenvalue weighted by Crippen LogP contribution is -2.25. The standard InChI is InChI=1S/C12H14F3NO2/c1-7(11(17)18)10(6-16)8-2-4-9(5-3-8)12(13,14)15/h2-5,7,10H,6,16H2,1H3,(H,17,18). The Morgan fingerprint density at radius 1 is 1.33 bits per heavy atom. The molecule has 0 bridgehead atoms. The molecule has 2 atom stereocenters. The molecule has 0 saturated carbocycles. The Balaban J connectivity index is 2.99. The largest absolute Gasteiger partial charge is 0.481 e. The number of carboxylic acids is 1. The van der Waals surface area contributed by atoms with E-state index < -0.39 is 29.5 Å². The van der Waals surface area contributed by atoms with Crippen LogP contribution in [0.5, 0.6) is 0 Å². The summed E-state index contributed by atoms with van der Waals surface area (Å²) in [6, 6.07) is 4.43. The lowest BCUT2D eigenvalue weighted by molar-refractivity contribution is -0.142. The number of carbonyl (C=O) groups is 1. The molecule has 6 heteroatoms. The lowest BCUT2D eigenvalue weighted by atomic mass is 9.87. The number of benzene rings is 1. The fourth-order valence-corrected chi connectivity index (χ4v) is 1.72. The van der Waals surface area contributed by atoms with Crippen molar-refractivity contribution in [2.75, 3.05) is 6.54 Å². The van der Waals surface area contributed by atoms with Crippen LogP contribution in [0, 0.1) is 5.92 Å². The molecule has 0 amide bonds. The average molecular weight is 261 g/mol. The SMILES string of the molecule is CC(C(=O)O)C(CN)c1ccc(C(F)(F)F)cc1. The first-order valence-electron chi connectivity index (χ1n) is 5.37. The van der Waals surface area contributed by atoms with Crippen LogP contribution in [0.15, 0.2) is 24.3 Å². The van der Waals surface area contributed by atoms with E-state index in [-0.39, 0.29) is 6.54 Å². The van der Waals surface area contributed by atoms with E-state index in [0.717, 1.165) is 12.1 Å². The smallest absolute Gasteiger partial charge is 0.416 e. The van der Waals surface area contributed by atoms with Crippen LogP contribution in [0.1, 0.15) is 24.0 Å². The average Bonchev–Trinajstić information content (AvgIpc) is 2.29. The summed E-state index contributed by atoms with van der Waals surface area (Å²) < 4.78 is 37.1. The Hall–Kier alpha value is -1.56. The summed E-state index contributed by atoms with van der Waals surface area (Å²) in [5.74, 6) is -2.26. The predicted molar refractivity (Wildman–Crippen MR) is 60.0 cm³/mol. The molecule has 0 spiro atoms. The van der Waals surface area contributed by atoms with Gasteiger partial charge in [-0.15, -0.1) is 0 Å². The minimum atomic E-state index is -4.39. The molecule has 0 aliphatic carbocycles. The summed E-state index contributed by atoms with van der Waals surface area (Å²) in [6.07, 6.45) is -4.39. The maximum atomic E-state index is 12.4. The molecule has 0 radical (unpaired) electrons. The summed E-state index contributed by atoms with van der Waals surface area (Å²) in [5, 5.41) is 8.89. The van der Waals surface area contributed by atoms with Crippen molar-refractivity contribution in [3.05, 3.63) is 35.4 Å². The lowest BCUT2D eigenvalue weighted by Gasteiger charge is -2.20. The molecular formula is C12H14F3NO2. The van der Waals surface area contributed by atoms with Gasteiger partial charge in [0.2, 0.25) is 0 Å². The van der Waals surface area contributed by atoms with Crippen molar-refractivity contribution in [1.82, 2.24) is 0 Å². The van der Waals surface area contributed by atoms with Gasteiger partial charge in [-0.2, -0.15) is 13.2 Å². The number of aliphatic carboxylic acids is 1. The van der Waals surface area contributed by atoms with Crippen molar-refractivity contribution in [2.24, 2.45) is 11.7 Å². The van der Waals surface area contributed by atoms with Gasteiger partial charge in [-0.05, 0) is 17.7 Å². The van der Waals surface area contributed by atoms with Crippen LogP contribution in [0.25, 0.3) is 0 Å². The summed E-state index contributed by atoms with van der Waals surface area (Å²) in [6.45, 7) is 1.55. The number of hydrogen-bond acceptors (Lipinski definition) is 2. The molecule has 2 unspecified atom stereocenters. The van der Waals surface area contributed by atoms with Gasteiger partial charge < -0.3 is 10.8 Å². The Bertz CT molecular complexity index is 414. The third-order valence-electron chi connectivity index (χ3n) is 2.91. The van der Waals surface area contributed by atoms with Crippen LogP contribution in [0.3, 0.4) is 0 Å². The summed E-state index contributed by atoms with van der Waals surface area (Å²) >= 11 is 0. The number of carboxylic acid groups (broad SMARTS) is 1. The predicted octanol–water partition coefficient (Wildman–Crippen LogP) is 2.47. The van der Waals surface area contributed by atoms with E-state index in [2.05, 4.69) is 0 Å².